The summed E-state index contributed by atoms with van der Waals surface area (Å²) < 4.78 is 31.3. The molecule has 1 aromatic rings. The molecule has 0 aliphatic heterocycles. The van der Waals surface area contributed by atoms with Gasteiger partial charge in [-0.15, -0.1) is 0 Å². The third-order valence-corrected chi connectivity index (χ3v) is 4.46. The van der Waals surface area contributed by atoms with E-state index in [-0.39, 0.29) is 24.5 Å². The van der Waals surface area contributed by atoms with Crippen LogP contribution in [-0.4, -0.2) is 33.6 Å². The lowest BCUT2D eigenvalue weighted by Crippen LogP contribution is -2.43. The van der Waals surface area contributed by atoms with Crippen molar-refractivity contribution in [3.63, 3.8) is 0 Å². The molecule has 3 N–H and O–H groups in total. The summed E-state index contributed by atoms with van der Waals surface area (Å²) >= 11 is 0. The van der Waals surface area contributed by atoms with Crippen molar-refractivity contribution in [2.75, 3.05) is 13.2 Å². The monoisotopic (exact) mass is 343 g/mol. The first-order chi connectivity index (χ1) is 10.8. The third-order valence-electron chi connectivity index (χ3n) is 2.86. The van der Waals surface area contributed by atoms with Crippen molar-refractivity contribution in [1.29, 1.82) is 0 Å². The number of hydrazine groups is 1. The Morgan fingerprint density at radius 2 is 1.87 bits per heavy atom. The van der Waals surface area contributed by atoms with Gasteiger partial charge < -0.3 is 4.74 Å². The Kier molecular flexibility index (Phi) is 6.98. The van der Waals surface area contributed by atoms with Crippen LogP contribution in [-0.2, 0) is 19.6 Å². The number of hydrogen-bond acceptors (Lipinski definition) is 5. The van der Waals surface area contributed by atoms with Crippen LogP contribution in [0.25, 0.3) is 0 Å². The van der Waals surface area contributed by atoms with Crippen LogP contribution in [0.4, 0.5) is 4.79 Å². The molecule has 9 heteroatoms. The lowest BCUT2D eigenvalue weighted by atomic mass is 10.2. The number of ether oxygens (including phenoxy) is 1. The van der Waals surface area contributed by atoms with Crippen LogP contribution in [0.15, 0.2) is 23.1 Å². The highest BCUT2D eigenvalue weighted by atomic mass is 32.2. The molecule has 0 unspecified atom stereocenters. The van der Waals surface area contributed by atoms with Crippen LogP contribution in [0, 0.1) is 13.8 Å². The minimum absolute atomic E-state index is 0.0912. The maximum absolute atomic E-state index is 12.2. The Hall–Kier alpha value is -2.13. The Morgan fingerprint density at radius 1 is 1.17 bits per heavy atom. The van der Waals surface area contributed by atoms with E-state index < -0.39 is 22.0 Å². The summed E-state index contributed by atoms with van der Waals surface area (Å²) in [6, 6.07) is 5.11. The number of hydrogen-bond donors (Lipinski definition) is 3. The minimum Gasteiger partial charge on any atom is -0.449 e. The van der Waals surface area contributed by atoms with E-state index in [4.69, 9.17) is 0 Å². The third kappa shape index (κ3) is 6.25. The summed E-state index contributed by atoms with van der Waals surface area (Å²) in [4.78, 5) is 22.6. The maximum Gasteiger partial charge on any atom is 0.426 e. The molecule has 128 valence electrons. The zero-order valence-electron chi connectivity index (χ0n) is 13.3. The molecule has 23 heavy (non-hydrogen) atoms. The first-order valence-corrected chi connectivity index (χ1v) is 8.53. The van der Waals surface area contributed by atoms with Gasteiger partial charge >= 0.3 is 6.09 Å². The van der Waals surface area contributed by atoms with E-state index in [1.165, 1.54) is 0 Å². The molecule has 0 atom stereocenters. The topological polar surface area (TPSA) is 114 Å². The van der Waals surface area contributed by atoms with Gasteiger partial charge in [0.05, 0.1) is 11.5 Å². The highest BCUT2D eigenvalue weighted by molar-refractivity contribution is 7.89. The second-order valence-corrected chi connectivity index (χ2v) is 6.55. The first-order valence-electron chi connectivity index (χ1n) is 7.04. The lowest BCUT2D eigenvalue weighted by molar-refractivity contribution is -0.121. The number of amides is 2. The van der Waals surface area contributed by atoms with Gasteiger partial charge in [0.1, 0.15) is 0 Å². The van der Waals surface area contributed by atoms with Gasteiger partial charge in [-0.2, -0.15) is 0 Å². The molecule has 0 aliphatic carbocycles. The van der Waals surface area contributed by atoms with Crippen molar-refractivity contribution in [3.8, 4) is 0 Å². The number of sulfonamides is 1. The van der Waals surface area contributed by atoms with Gasteiger partial charge in [0.15, 0.2) is 0 Å². The van der Waals surface area contributed by atoms with Gasteiger partial charge in [-0.3, -0.25) is 10.2 Å². The van der Waals surface area contributed by atoms with Crippen molar-refractivity contribution in [2.45, 2.75) is 32.1 Å². The highest BCUT2D eigenvalue weighted by Gasteiger charge is 2.17. The summed E-state index contributed by atoms with van der Waals surface area (Å²) in [7, 11) is -3.69. The summed E-state index contributed by atoms with van der Waals surface area (Å²) in [6.45, 7) is 5.21. The van der Waals surface area contributed by atoms with Crippen LogP contribution < -0.4 is 15.6 Å². The molecule has 0 radical (unpaired) electrons. The Labute approximate surface area is 135 Å². The maximum atomic E-state index is 12.2. The molecule has 0 heterocycles. The molecule has 8 nitrogen and oxygen atoms in total. The zero-order chi connectivity index (χ0) is 17.5. The van der Waals surface area contributed by atoms with Gasteiger partial charge in [-0.05, 0) is 38.0 Å². The Balaban J connectivity index is 2.49. The average Bonchev–Trinajstić information content (AvgIpc) is 2.47. The molecule has 0 fully saturated rings. The predicted octanol–water partition coefficient (Wildman–Crippen LogP) is 0.749. The van der Waals surface area contributed by atoms with E-state index in [1.54, 1.807) is 32.9 Å². The number of aryl methyl sites for hydroxylation is 2. The van der Waals surface area contributed by atoms with E-state index in [9.17, 15) is 18.0 Å². The van der Waals surface area contributed by atoms with Gasteiger partial charge in [0.25, 0.3) is 0 Å². The van der Waals surface area contributed by atoms with Gasteiger partial charge in [0, 0.05) is 13.0 Å². The van der Waals surface area contributed by atoms with Crippen molar-refractivity contribution in [2.24, 2.45) is 0 Å². The fraction of sp³-hybridized carbons (Fsp3) is 0.429. The molecular formula is C14H21N3O5S. The predicted molar refractivity (Wildman–Crippen MR) is 84.0 cm³/mol. The van der Waals surface area contributed by atoms with Gasteiger partial charge in [-0.25, -0.2) is 23.4 Å². The smallest absolute Gasteiger partial charge is 0.426 e. The molecule has 0 saturated carbocycles. The minimum atomic E-state index is -3.69. The number of rotatable bonds is 6. The Morgan fingerprint density at radius 3 is 2.52 bits per heavy atom. The Bertz CT molecular complexity index is 673. The summed E-state index contributed by atoms with van der Waals surface area (Å²) in [5, 5.41) is 0. The summed E-state index contributed by atoms with van der Waals surface area (Å²) in [5.41, 5.74) is 5.60. The molecule has 0 aliphatic rings. The average molecular weight is 343 g/mol. The van der Waals surface area contributed by atoms with E-state index in [0.717, 1.165) is 5.56 Å². The fourth-order valence-corrected chi connectivity index (χ4v) is 3.08. The normalized spacial score (nSPS) is 10.9. The zero-order valence-corrected chi connectivity index (χ0v) is 14.1. The second-order valence-electron chi connectivity index (χ2n) is 4.81. The van der Waals surface area contributed by atoms with E-state index in [2.05, 4.69) is 14.9 Å². The molecule has 0 saturated heterocycles. The quantitative estimate of drug-likeness (QED) is 0.660. The van der Waals surface area contributed by atoms with Crippen LogP contribution in [0.1, 0.15) is 24.5 Å². The number of nitrogens with one attached hydrogen (secondary N) is 3. The largest absolute Gasteiger partial charge is 0.449 e. The molecular weight excluding hydrogens is 322 g/mol. The molecule has 0 spiro atoms. The van der Waals surface area contributed by atoms with Gasteiger partial charge in [0.2, 0.25) is 15.9 Å². The van der Waals surface area contributed by atoms with Crippen molar-refractivity contribution in [1.82, 2.24) is 15.6 Å². The van der Waals surface area contributed by atoms with E-state index >= 15 is 0 Å². The SMILES string of the molecule is CCOC(=O)NNC(=O)CCNS(=O)(=O)c1cc(C)ccc1C. The second kappa shape index (κ2) is 8.49. The number of carbonyl (C=O) groups excluding carboxylic acids is 2. The van der Waals surface area contributed by atoms with Crippen LogP contribution in [0.2, 0.25) is 0 Å². The van der Waals surface area contributed by atoms with Crippen LogP contribution >= 0.6 is 0 Å². The van der Waals surface area contributed by atoms with Crippen molar-refractivity contribution in [3.05, 3.63) is 29.3 Å². The lowest BCUT2D eigenvalue weighted by Gasteiger charge is -2.10. The first kappa shape index (κ1) is 18.9. The number of benzene rings is 1. The molecule has 1 rings (SSSR count). The number of carbonyl (C=O) groups is 2. The van der Waals surface area contributed by atoms with Crippen LogP contribution in [0.3, 0.4) is 0 Å². The summed E-state index contributed by atoms with van der Waals surface area (Å²) in [5.74, 6) is -0.540. The molecule has 0 aromatic heterocycles. The standard InChI is InChI=1S/C14H21N3O5S/c1-4-22-14(19)17-16-13(18)7-8-15-23(20,21)12-9-10(2)5-6-11(12)3/h5-6,9,15H,4,7-8H2,1-3H3,(H,16,18)(H,17,19). The summed E-state index contributed by atoms with van der Waals surface area (Å²) in [6.07, 6.45) is -0.909. The fourth-order valence-electron chi connectivity index (χ4n) is 1.72. The highest BCUT2D eigenvalue weighted by Crippen LogP contribution is 2.16. The van der Waals surface area contributed by atoms with Crippen molar-refractivity contribution >= 4 is 22.0 Å². The van der Waals surface area contributed by atoms with E-state index in [0.29, 0.717) is 5.56 Å². The van der Waals surface area contributed by atoms with Crippen molar-refractivity contribution < 1.29 is 22.7 Å². The molecule has 1 aromatic carbocycles. The van der Waals surface area contributed by atoms with E-state index in [1.807, 2.05) is 11.5 Å². The molecule has 0 bridgehead atoms. The molecule has 2 amide bonds. The van der Waals surface area contributed by atoms with Crippen LogP contribution in [0.5, 0.6) is 0 Å². The van der Waals surface area contributed by atoms with Gasteiger partial charge in [-0.1, -0.05) is 12.1 Å².